The summed E-state index contributed by atoms with van der Waals surface area (Å²) in [5.41, 5.74) is 3.19. The van der Waals surface area contributed by atoms with E-state index in [1.54, 1.807) is 18.2 Å². The van der Waals surface area contributed by atoms with E-state index in [0.717, 1.165) is 77.7 Å². The van der Waals surface area contributed by atoms with Crippen LogP contribution in [0.1, 0.15) is 84.9 Å². The van der Waals surface area contributed by atoms with E-state index in [2.05, 4.69) is 39.6 Å². The molecule has 2 aliphatic rings. The number of carbonyl (C=O) groups excluding carboxylic acids is 2. The second kappa shape index (κ2) is 16.1. The lowest BCUT2D eigenvalue weighted by Gasteiger charge is -2.47. The number of amides is 2. The lowest BCUT2D eigenvalue weighted by molar-refractivity contribution is 0.0422. The van der Waals surface area contributed by atoms with Crippen molar-refractivity contribution in [1.29, 1.82) is 0 Å². The van der Waals surface area contributed by atoms with Crippen molar-refractivity contribution in [3.8, 4) is 0 Å². The summed E-state index contributed by atoms with van der Waals surface area (Å²) in [6.07, 6.45) is 3.65. The number of rotatable bonds is 10. The Morgan fingerprint density at radius 1 is 0.887 bits per heavy atom. The second-order valence-corrected chi connectivity index (χ2v) is 15.6. The molecule has 2 amide bonds. The third-order valence-corrected chi connectivity index (χ3v) is 11.7. The van der Waals surface area contributed by atoms with Crippen molar-refractivity contribution in [3.63, 3.8) is 0 Å². The van der Waals surface area contributed by atoms with Crippen molar-refractivity contribution in [2.45, 2.75) is 64.5 Å². The van der Waals surface area contributed by atoms with Crippen molar-refractivity contribution < 1.29 is 28.3 Å². The molecular formula is C40H43F2N5O4S2. The Balaban J connectivity index is 1.15. The highest BCUT2D eigenvalue weighted by Gasteiger charge is 2.34. The lowest BCUT2D eigenvalue weighted by atomic mass is 9.95. The van der Waals surface area contributed by atoms with Crippen molar-refractivity contribution >= 4 is 57.1 Å². The first-order chi connectivity index (χ1) is 25.3. The number of halogens is 2. The Morgan fingerprint density at radius 3 is 2.28 bits per heavy atom. The molecular weight excluding hydrogens is 717 g/mol. The average molecular weight is 760 g/mol. The quantitative estimate of drug-likeness (QED) is 0.125. The Hall–Kier alpha value is -4.72. The van der Waals surface area contributed by atoms with E-state index in [-0.39, 0.29) is 34.7 Å². The summed E-state index contributed by atoms with van der Waals surface area (Å²) >= 11 is 6.84. The molecule has 6 rings (SSSR count). The molecule has 0 unspecified atom stereocenters. The first-order valence-electron chi connectivity index (χ1n) is 17.7. The molecule has 0 radical (unpaired) electrons. The van der Waals surface area contributed by atoms with Gasteiger partial charge in [0.1, 0.15) is 16.6 Å². The van der Waals surface area contributed by atoms with Crippen LogP contribution in [0.2, 0.25) is 0 Å². The van der Waals surface area contributed by atoms with E-state index in [1.165, 1.54) is 23.5 Å². The predicted molar refractivity (Wildman–Crippen MR) is 208 cm³/mol. The number of fused-ring (bicyclic) bond motifs is 1. The van der Waals surface area contributed by atoms with Crippen molar-refractivity contribution in [1.82, 2.24) is 15.1 Å². The number of carboxylic acids is 1. The fourth-order valence-electron chi connectivity index (χ4n) is 7.11. The molecule has 4 N–H and O–H groups in total. The Kier molecular flexibility index (Phi) is 11.6. The van der Waals surface area contributed by atoms with E-state index < -0.39 is 23.5 Å². The van der Waals surface area contributed by atoms with Gasteiger partial charge in [-0.3, -0.25) is 14.5 Å². The van der Waals surface area contributed by atoms with Gasteiger partial charge in [-0.1, -0.05) is 24.3 Å². The number of carboxylic acid groups (broad SMARTS) is 1. The first-order valence-corrected chi connectivity index (χ1v) is 18.9. The predicted octanol–water partition coefficient (Wildman–Crippen LogP) is 7.29. The van der Waals surface area contributed by atoms with Crippen LogP contribution < -0.4 is 16.0 Å². The summed E-state index contributed by atoms with van der Waals surface area (Å²) in [6.45, 7) is 7.41. The summed E-state index contributed by atoms with van der Waals surface area (Å²) < 4.78 is 30.5. The topological polar surface area (TPSA) is 114 Å². The van der Waals surface area contributed by atoms with Crippen LogP contribution in [-0.2, 0) is 32.2 Å². The molecule has 1 saturated heterocycles. The second-order valence-electron chi connectivity index (χ2n) is 14.2. The Labute approximate surface area is 317 Å². The van der Waals surface area contributed by atoms with Gasteiger partial charge >= 0.3 is 5.97 Å². The minimum absolute atomic E-state index is 0.0307. The maximum atomic E-state index is 15.2. The van der Waals surface area contributed by atoms with Crippen LogP contribution in [0, 0.1) is 11.6 Å². The zero-order chi connectivity index (χ0) is 37.9. The van der Waals surface area contributed by atoms with Crippen LogP contribution in [0.4, 0.5) is 19.5 Å². The van der Waals surface area contributed by atoms with Gasteiger partial charge in [-0.15, -0.1) is 11.3 Å². The Morgan fingerprint density at radius 2 is 1.60 bits per heavy atom. The van der Waals surface area contributed by atoms with E-state index in [4.69, 9.17) is 17.3 Å². The van der Waals surface area contributed by atoms with Crippen LogP contribution in [0.3, 0.4) is 0 Å². The standard InChI is InChI=1S/C40H43F2N5O4S2/c1-40(2)23-46(39(52)43-3)17-18-47(40)22-25-7-6-8-27(19-25)35(48)45-37-34(30-9-4-5-10-33(30)53-37)36(49)44-28-20-31(41)29(32(42)21-28)16-13-24-11-14-26(15-12-24)38(50)51/h6-8,11-12,14-15,19-21H,4-5,9-10,13,16-18,22-23H2,1-3H3,(H,43,52)(H,44,49)(H,45,48)(H,50,51). The molecule has 4 aromatic rings. The number of aromatic carboxylic acids is 1. The minimum Gasteiger partial charge on any atom is -0.478 e. The van der Waals surface area contributed by atoms with Gasteiger partial charge in [0, 0.05) is 60.5 Å². The van der Waals surface area contributed by atoms with Gasteiger partial charge < -0.3 is 26.0 Å². The van der Waals surface area contributed by atoms with E-state index in [0.29, 0.717) is 35.5 Å². The van der Waals surface area contributed by atoms with Gasteiger partial charge in [0.15, 0.2) is 5.11 Å². The summed E-state index contributed by atoms with van der Waals surface area (Å²) in [7, 11) is 1.83. The van der Waals surface area contributed by atoms with Crippen molar-refractivity contribution in [2.24, 2.45) is 0 Å². The molecule has 0 bridgehead atoms. The zero-order valence-electron chi connectivity index (χ0n) is 30.0. The van der Waals surface area contributed by atoms with E-state index in [9.17, 15) is 14.4 Å². The molecule has 53 heavy (non-hydrogen) atoms. The highest BCUT2D eigenvalue weighted by molar-refractivity contribution is 7.80. The number of thiocarbonyl (C=S) groups is 1. The molecule has 1 fully saturated rings. The molecule has 1 aromatic heterocycles. The third-order valence-electron chi connectivity index (χ3n) is 10.0. The number of piperazine rings is 1. The fraction of sp³-hybridized carbons (Fsp3) is 0.350. The maximum Gasteiger partial charge on any atom is 0.335 e. The normalized spacial score (nSPS) is 15.4. The van der Waals surface area contributed by atoms with E-state index in [1.807, 2.05) is 25.2 Å². The van der Waals surface area contributed by atoms with Crippen LogP contribution in [0.15, 0.2) is 60.7 Å². The molecule has 1 aliphatic heterocycles. The summed E-state index contributed by atoms with van der Waals surface area (Å²) in [5, 5.41) is 19.0. The van der Waals surface area contributed by atoms with Crippen LogP contribution in [0.25, 0.3) is 0 Å². The number of anilines is 2. The molecule has 9 nitrogen and oxygen atoms in total. The van der Waals surface area contributed by atoms with Gasteiger partial charge in [-0.05, 0) is 118 Å². The number of thiophene rings is 1. The number of hydrogen-bond acceptors (Lipinski definition) is 6. The van der Waals surface area contributed by atoms with Gasteiger partial charge in [0.25, 0.3) is 11.8 Å². The fourth-order valence-corrected chi connectivity index (χ4v) is 8.54. The molecule has 13 heteroatoms. The number of nitrogens with zero attached hydrogens (tertiary/aromatic N) is 2. The first kappa shape index (κ1) is 38.0. The monoisotopic (exact) mass is 759 g/mol. The van der Waals surface area contributed by atoms with Gasteiger partial charge in [-0.2, -0.15) is 0 Å². The zero-order valence-corrected chi connectivity index (χ0v) is 31.6. The molecule has 0 spiro atoms. The molecule has 278 valence electrons. The minimum atomic E-state index is -1.05. The largest absolute Gasteiger partial charge is 0.478 e. The summed E-state index contributed by atoms with van der Waals surface area (Å²) in [4.78, 5) is 44.2. The van der Waals surface area contributed by atoms with E-state index >= 15 is 8.78 Å². The SMILES string of the molecule is CNC(=S)N1CCN(Cc2cccc(C(=O)Nc3sc4c(c3C(=O)Nc3cc(F)c(CCc5ccc(C(=O)O)cc5)c(F)c3)CCCC4)c2)C(C)(C)C1. The highest BCUT2D eigenvalue weighted by atomic mass is 32.1. The lowest BCUT2D eigenvalue weighted by Crippen LogP contribution is -2.61. The number of nitrogens with one attached hydrogen (secondary N) is 3. The third kappa shape index (κ3) is 8.75. The number of carbonyl (C=O) groups is 3. The molecule has 1 aliphatic carbocycles. The van der Waals surface area contributed by atoms with Crippen LogP contribution in [0.5, 0.6) is 0 Å². The van der Waals surface area contributed by atoms with Crippen molar-refractivity contribution in [2.75, 3.05) is 37.3 Å². The highest BCUT2D eigenvalue weighted by Crippen LogP contribution is 2.39. The molecule has 2 heterocycles. The van der Waals surface area contributed by atoms with Crippen LogP contribution in [-0.4, -0.2) is 70.0 Å². The molecule has 3 aromatic carbocycles. The van der Waals surface area contributed by atoms with Gasteiger partial charge in [0.2, 0.25) is 0 Å². The number of aryl methyl sites for hydroxylation is 2. The van der Waals surface area contributed by atoms with Gasteiger partial charge in [0.05, 0.1) is 11.1 Å². The number of benzene rings is 3. The molecule has 0 saturated carbocycles. The average Bonchev–Trinajstić information content (AvgIpc) is 3.49. The molecule has 0 atom stereocenters. The van der Waals surface area contributed by atoms with Crippen molar-refractivity contribution in [3.05, 3.63) is 116 Å². The van der Waals surface area contributed by atoms with Crippen LogP contribution >= 0.6 is 23.6 Å². The number of hydrogen-bond donors (Lipinski definition) is 4. The summed E-state index contributed by atoms with van der Waals surface area (Å²) in [5.74, 6) is -3.53. The summed E-state index contributed by atoms with van der Waals surface area (Å²) in [6, 6.07) is 15.8. The van der Waals surface area contributed by atoms with Gasteiger partial charge in [-0.25, -0.2) is 13.6 Å². The smallest absolute Gasteiger partial charge is 0.335 e. The maximum absolute atomic E-state index is 15.2. The Bertz CT molecular complexity index is 2030.